The van der Waals surface area contributed by atoms with Crippen LogP contribution in [0.3, 0.4) is 0 Å². The van der Waals surface area contributed by atoms with Gasteiger partial charge in [0.1, 0.15) is 0 Å². The SMILES string of the molecule is COc1ccc(CCNCc2ccccc2N(C)S(C)(=O)=O)cc1OC. The molecular weight excluding hydrogens is 352 g/mol. The summed E-state index contributed by atoms with van der Waals surface area (Å²) in [7, 11) is 1.52. The Hall–Kier alpha value is -2.25. The number of benzene rings is 2. The van der Waals surface area contributed by atoms with Crippen LogP contribution in [0.1, 0.15) is 11.1 Å². The van der Waals surface area contributed by atoms with Crippen LogP contribution in [0.2, 0.25) is 0 Å². The Bertz CT molecular complexity index is 837. The maximum atomic E-state index is 11.8. The number of hydrogen-bond acceptors (Lipinski definition) is 5. The van der Waals surface area contributed by atoms with Gasteiger partial charge in [-0.1, -0.05) is 24.3 Å². The molecule has 0 amide bonds. The largest absolute Gasteiger partial charge is 0.493 e. The van der Waals surface area contributed by atoms with Gasteiger partial charge >= 0.3 is 0 Å². The number of methoxy groups -OCH3 is 2. The molecule has 2 aromatic rings. The normalized spacial score (nSPS) is 11.2. The van der Waals surface area contributed by atoms with Crippen molar-refractivity contribution in [2.45, 2.75) is 13.0 Å². The van der Waals surface area contributed by atoms with Crippen molar-refractivity contribution in [2.75, 3.05) is 38.4 Å². The van der Waals surface area contributed by atoms with Gasteiger partial charge in [-0.15, -0.1) is 0 Å². The third kappa shape index (κ3) is 5.12. The average Bonchev–Trinajstić information content (AvgIpc) is 2.64. The molecule has 0 aromatic heterocycles. The van der Waals surface area contributed by atoms with Crippen LogP contribution < -0.4 is 19.1 Å². The van der Waals surface area contributed by atoms with Crippen LogP contribution in [0.15, 0.2) is 42.5 Å². The maximum Gasteiger partial charge on any atom is 0.232 e. The third-order valence-electron chi connectivity index (χ3n) is 4.18. The molecule has 0 heterocycles. The summed E-state index contributed by atoms with van der Waals surface area (Å²) in [5.41, 5.74) is 2.76. The predicted molar refractivity (Wildman–Crippen MR) is 105 cm³/mol. The van der Waals surface area contributed by atoms with Gasteiger partial charge in [0.05, 0.1) is 26.2 Å². The summed E-state index contributed by atoms with van der Waals surface area (Å²) < 4.78 is 35.5. The molecule has 26 heavy (non-hydrogen) atoms. The number of rotatable bonds is 9. The quantitative estimate of drug-likeness (QED) is 0.679. The molecule has 6 nitrogen and oxygen atoms in total. The summed E-state index contributed by atoms with van der Waals surface area (Å²) in [5.74, 6) is 1.42. The fraction of sp³-hybridized carbons (Fsp3) is 0.368. The summed E-state index contributed by atoms with van der Waals surface area (Å²) in [4.78, 5) is 0. The molecule has 2 rings (SSSR count). The summed E-state index contributed by atoms with van der Waals surface area (Å²) in [6, 6.07) is 13.4. The highest BCUT2D eigenvalue weighted by Gasteiger charge is 2.15. The van der Waals surface area contributed by atoms with E-state index < -0.39 is 10.0 Å². The molecule has 2 aromatic carbocycles. The van der Waals surface area contributed by atoms with Crippen molar-refractivity contribution in [1.29, 1.82) is 0 Å². The molecule has 7 heteroatoms. The lowest BCUT2D eigenvalue weighted by molar-refractivity contribution is 0.354. The van der Waals surface area contributed by atoms with Gasteiger partial charge in [-0.05, 0) is 42.3 Å². The highest BCUT2D eigenvalue weighted by molar-refractivity contribution is 7.92. The van der Waals surface area contributed by atoms with Gasteiger partial charge in [-0.25, -0.2) is 8.42 Å². The molecule has 0 saturated heterocycles. The molecule has 142 valence electrons. The predicted octanol–water partition coefficient (Wildman–Crippen LogP) is 2.43. The first-order valence-corrected chi connectivity index (χ1v) is 10.1. The molecule has 0 aliphatic carbocycles. The summed E-state index contributed by atoms with van der Waals surface area (Å²) in [6.07, 6.45) is 2.03. The summed E-state index contributed by atoms with van der Waals surface area (Å²) >= 11 is 0. The Labute approximate surface area is 155 Å². The summed E-state index contributed by atoms with van der Waals surface area (Å²) in [5, 5.41) is 3.37. The Kier molecular flexibility index (Phi) is 6.88. The maximum absolute atomic E-state index is 11.8. The minimum absolute atomic E-state index is 0.587. The first-order valence-electron chi connectivity index (χ1n) is 8.30. The van der Waals surface area contributed by atoms with E-state index in [1.807, 2.05) is 42.5 Å². The molecule has 1 N–H and O–H groups in total. The number of sulfonamides is 1. The standard InChI is InChI=1S/C19H26N2O4S/c1-21(26(4,22)23)17-8-6-5-7-16(17)14-20-12-11-15-9-10-18(24-2)19(13-15)25-3/h5-10,13,20H,11-12,14H2,1-4H3. The minimum atomic E-state index is -3.29. The Morgan fingerprint density at radius 3 is 2.38 bits per heavy atom. The van der Waals surface area contributed by atoms with Gasteiger partial charge in [0.25, 0.3) is 0 Å². The van der Waals surface area contributed by atoms with Gasteiger partial charge in [0, 0.05) is 13.6 Å². The molecule has 0 spiro atoms. The van der Waals surface area contributed by atoms with E-state index in [2.05, 4.69) is 5.32 Å². The van der Waals surface area contributed by atoms with Crippen LogP contribution in [0.25, 0.3) is 0 Å². The van der Waals surface area contributed by atoms with Crippen LogP contribution in [-0.2, 0) is 23.0 Å². The van der Waals surface area contributed by atoms with E-state index in [0.717, 1.165) is 24.1 Å². The van der Waals surface area contributed by atoms with E-state index in [9.17, 15) is 8.42 Å². The van der Waals surface area contributed by atoms with Gasteiger partial charge in [0.15, 0.2) is 11.5 Å². The molecule has 0 fully saturated rings. The minimum Gasteiger partial charge on any atom is -0.493 e. The first kappa shape index (κ1) is 20.1. The van der Waals surface area contributed by atoms with E-state index in [1.165, 1.54) is 10.6 Å². The van der Waals surface area contributed by atoms with Crippen molar-refractivity contribution in [3.05, 3.63) is 53.6 Å². The smallest absolute Gasteiger partial charge is 0.232 e. The van der Waals surface area contributed by atoms with Crippen molar-refractivity contribution in [3.63, 3.8) is 0 Å². The number of nitrogens with zero attached hydrogens (tertiary/aromatic N) is 1. The lowest BCUT2D eigenvalue weighted by atomic mass is 10.1. The molecule has 0 radical (unpaired) electrons. The van der Waals surface area contributed by atoms with Gasteiger partial charge in [-0.2, -0.15) is 0 Å². The van der Waals surface area contributed by atoms with Crippen LogP contribution in [0.5, 0.6) is 11.5 Å². The number of anilines is 1. The highest BCUT2D eigenvalue weighted by Crippen LogP contribution is 2.27. The zero-order chi connectivity index (χ0) is 19.2. The molecule has 0 aliphatic heterocycles. The van der Waals surface area contributed by atoms with E-state index in [0.29, 0.717) is 23.7 Å². The average molecular weight is 378 g/mol. The Morgan fingerprint density at radius 1 is 1.04 bits per heavy atom. The Morgan fingerprint density at radius 2 is 1.73 bits per heavy atom. The van der Waals surface area contributed by atoms with Crippen LogP contribution in [0.4, 0.5) is 5.69 Å². The second-order valence-corrected chi connectivity index (χ2v) is 7.99. The van der Waals surface area contributed by atoms with E-state index in [4.69, 9.17) is 9.47 Å². The van der Waals surface area contributed by atoms with Crippen LogP contribution >= 0.6 is 0 Å². The third-order valence-corrected chi connectivity index (χ3v) is 5.37. The second kappa shape index (κ2) is 8.91. The zero-order valence-corrected chi connectivity index (χ0v) is 16.5. The van der Waals surface area contributed by atoms with E-state index in [-0.39, 0.29) is 0 Å². The van der Waals surface area contributed by atoms with Crippen molar-refractivity contribution in [1.82, 2.24) is 5.32 Å². The number of hydrogen-bond donors (Lipinski definition) is 1. The second-order valence-electron chi connectivity index (χ2n) is 5.98. The molecule has 0 atom stereocenters. The monoisotopic (exact) mass is 378 g/mol. The lowest BCUT2D eigenvalue weighted by Crippen LogP contribution is -2.27. The molecular formula is C19H26N2O4S. The van der Waals surface area contributed by atoms with Gasteiger partial charge in [0.2, 0.25) is 10.0 Å². The van der Waals surface area contributed by atoms with E-state index >= 15 is 0 Å². The van der Waals surface area contributed by atoms with Crippen molar-refractivity contribution in [3.8, 4) is 11.5 Å². The molecule has 0 unspecified atom stereocenters. The number of ether oxygens (including phenoxy) is 2. The van der Waals surface area contributed by atoms with Gasteiger partial charge < -0.3 is 14.8 Å². The van der Waals surface area contributed by atoms with Crippen molar-refractivity contribution >= 4 is 15.7 Å². The van der Waals surface area contributed by atoms with Crippen LogP contribution in [0, 0.1) is 0 Å². The van der Waals surface area contributed by atoms with Crippen molar-refractivity contribution < 1.29 is 17.9 Å². The zero-order valence-electron chi connectivity index (χ0n) is 15.7. The lowest BCUT2D eigenvalue weighted by Gasteiger charge is -2.20. The van der Waals surface area contributed by atoms with Crippen LogP contribution in [-0.4, -0.2) is 42.5 Å². The van der Waals surface area contributed by atoms with Crippen molar-refractivity contribution in [2.24, 2.45) is 0 Å². The fourth-order valence-electron chi connectivity index (χ4n) is 2.64. The van der Waals surface area contributed by atoms with Gasteiger partial charge in [-0.3, -0.25) is 4.31 Å². The molecule has 0 saturated carbocycles. The molecule has 0 bridgehead atoms. The Balaban J connectivity index is 1.97. The summed E-state index contributed by atoms with van der Waals surface area (Å²) in [6.45, 7) is 1.34. The highest BCUT2D eigenvalue weighted by atomic mass is 32.2. The number of para-hydroxylation sites is 1. The first-order chi connectivity index (χ1) is 12.4. The fourth-order valence-corrected chi connectivity index (χ4v) is 3.17. The topological polar surface area (TPSA) is 67.9 Å². The molecule has 0 aliphatic rings. The van der Waals surface area contributed by atoms with E-state index in [1.54, 1.807) is 21.3 Å². The number of nitrogens with one attached hydrogen (secondary N) is 1.